The van der Waals surface area contributed by atoms with Gasteiger partial charge in [0.15, 0.2) is 11.6 Å². The maximum absolute atomic E-state index is 15.9. The molecule has 5 aliphatic heterocycles. The zero-order valence-corrected chi connectivity index (χ0v) is 34.5. The highest BCUT2D eigenvalue weighted by Crippen LogP contribution is 2.46. The Morgan fingerprint density at radius 3 is 2.55 bits per heavy atom. The number of alkyl halides is 2. The van der Waals surface area contributed by atoms with Crippen molar-refractivity contribution in [1.82, 2.24) is 35.7 Å². The molecule has 2 unspecified atom stereocenters. The summed E-state index contributed by atoms with van der Waals surface area (Å²) < 4.78 is 61.3. The SMILES string of the molecule is C=C1CCC(c2[nH]nc3c(F)c(C4CCN(CC5CCN(c6ncc(Cl)c(Nc7cc8c(cc7F)N(C)C(=C)C7=C8NC(C)C(F)(F)CC7)n6)CC5)CC4)ccc23)C(=O)N1. The number of piperidine rings is 3. The molecular formula is C44H49ClF4N10O. The van der Waals surface area contributed by atoms with Crippen LogP contribution in [0.15, 0.2) is 60.6 Å². The zero-order valence-electron chi connectivity index (χ0n) is 33.8. The number of halogens is 5. The number of carbonyl (C=O) groups is 1. The number of amides is 1. The Bertz CT molecular complexity index is 2420. The van der Waals surface area contributed by atoms with Crippen LogP contribution in [-0.4, -0.2) is 82.7 Å². The molecule has 0 bridgehead atoms. The summed E-state index contributed by atoms with van der Waals surface area (Å²) in [6, 6.07) is 5.64. The summed E-state index contributed by atoms with van der Waals surface area (Å²) >= 11 is 6.56. The zero-order chi connectivity index (χ0) is 42.0. The number of anilines is 4. The van der Waals surface area contributed by atoms with Crippen LogP contribution < -0.4 is 25.8 Å². The van der Waals surface area contributed by atoms with Gasteiger partial charge < -0.3 is 30.7 Å². The van der Waals surface area contributed by atoms with E-state index in [1.165, 1.54) is 19.2 Å². The Hall–Kier alpha value is -5.15. The second-order valence-corrected chi connectivity index (χ2v) is 17.4. The molecule has 11 nitrogen and oxygen atoms in total. The smallest absolute Gasteiger partial charge is 0.267 e. The van der Waals surface area contributed by atoms with Crippen LogP contribution >= 0.6 is 11.6 Å². The van der Waals surface area contributed by atoms with Gasteiger partial charge in [-0.05, 0) is 94.0 Å². The highest BCUT2D eigenvalue weighted by molar-refractivity contribution is 6.33. The number of likely N-dealkylation sites (tertiary alicyclic amines) is 1. The molecular weight excluding hydrogens is 796 g/mol. The maximum atomic E-state index is 15.9. The molecule has 2 atom stereocenters. The molecule has 9 rings (SSSR count). The summed E-state index contributed by atoms with van der Waals surface area (Å²) in [5, 5.41) is 17.0. The molecule has 60 heavy (non-hydrogen) atoms. The minimum Gasteiger partial charge on any atom is -0.376 e. The molecule has 5 aliphatic rings. The Morgan fingerprint density at radius 2 is 1.80 bits per heavy atom. The predicted octanol–water partition coefficient (Wildman–Crippen LogP) is 8.71. The van der Waals surface area contributed by atoms with Gasteiger partial charge in [-0.15, -0.1) is 0 Å². The van der Waals surface area contributed by atoms with E-state index in [-0.39, 0.29) is 47.0 Å². The van der Waals surface area contributed by atoms with Crippen molar-refractivity contribution in [2.75, 3.05) is 54.9 Å². The van der Waals surface area contributed by atoms with Gasteiger partial charge in [0.05, 0.1) is 35.2 Å². The van der Waals surface area contributed by atoms with Gasteiger partial charge in [0.25, 0.3) is 5.92 Å². The van der Waals surface area contributed by atoms with Crippen LogP contribution in [0, 0.1) is 17.6 Å². The number of rotatable bonds is 7. The van der Waals surface area contributed by atoms with Gasteiger partial charge in [-0.1, -0.05) is 36.9 Å². The lowest BCUT2D eigenvalue weighted by Crippen LogP contribution is -2.41. The van der Waals surface area contributed by atoms with E-state index < -0.39 is 23.7 Å². The molecule has 0 radical (unpaired) electrons. The highest BCUT2D eigenvalue weighted by Gasteiger charge is 2.42. The van der Waals surface area contributed by atoms with Gasteiger partial charge in [-0.25, -0.2) is 22.5 Å². The molecule has 2 aromatic carbocycles. The van der Waals surface area contributed by atoms with E-state index in [2.05, 4.69) is 54.1 Å². The van der Waals surface area contributed by atoms with Gasteiger partial charge in [0.2, 0.25) is 11.9 Å². The van der Waals surface area contributed by atoms with Crippen LogP contribution in [0.2, 0.25) is 5.02 Å². The van der Waals surface area contributed by atoms with E-state index in [4.69, 9.17) is 16.6 Å². The molecule has 0 spiro atoms. The third-order valence-corrected chi connectivity index (χ3v) is 13.6. The molecule has 7 heterocycles. The molecule has 0 aliphatic carbocycles. The molecule has 1 amide bonds. The lowest BCUT2D eigenvalue weighted by Gasteiger charge is -2.38. The number of allylic oxidation sites excluding steroid dienone is 2. The van der Waals surface area contributed by atoms with Gasteiger partial charge >= 0.3 is 0 Å². The first kappa shape index (κ1) is 40.3. The first-order valence-corrected chi connectivity index (χ1v) is 21.2. The predicted molar refractivity (Wildman–Crippen MR) is 227 cm³/mol. The van der Waals surface area contributed by atoms with Gasteiger partial charge in [0, 0.05) is 67.2 Å². The largest absolute Gasteiger partial charge is 0.376 e. The fourth-order valence-electron chi connectivity index (χ4n) is 9.60. The average Bonchev–Trinajstić information content (AvgIpc) is 3.61. The van der Waals surface area contributed by atoms with Crippen molar-refractivity contribution in [3.63, 3.8) is 0 Å². The molecule has 0 saturated carbocycles. The minimum atomic E-state index is -2.92. The number of hydrogen-bond acceptors (Lipinski definition) is 9. The van der Waals surface area contributed by atoms with E-state index >= 15 is 8.78 Å². The Morgan fingerprint density at radius 1 is 1.03 bits per heavy atom. The summed E-state index contributed by atoms with van der Waals surface area (Å²) in [6.45, 7) is 13.6. The van der Waals surface area contributed by atoms with Crippen molar-refractivity contribution in [1.29, 1.82) is 0 Å². The summed E-state index contributed by atoms with van der Waals surface area (Å²) in [4.78, 5) is 28.2. The molecule has 4 N–H and O–H groups in total. The molecule has 316 valence electrons. The summed E-state index contributed by atoms with van der Waals surface area (Å²) in [5.41, 5.74) is 5.30. The Balaban J connectivity index is 0.815. The summed E-state index contributed by atoms with van der Waals surface area (Å²) in [7, 11) is 1.75. The summed E-state index contributed by atoms with van der Waals surface area (Å²) in [5.74, 6) is -3.02. The third-order valence-electron chi connectivity index (χ3n) is 13.3. The number of likely N-dealkylation sites (N-methyl/N-ethyl adjacent to an activating group) is 1. The lowest BCUT2D eigenvalue weighted by atomic mass is 9.86. The van der Waals surface area contributed by atoms with E-state index in [1.54, 1.807) is 18.0 Å². The van der Waals surface area contributed by atoms with Crippen LogP contribution in [0.1, 0.15) is 86.9 Å². The molecule has 4 aromatic rings. The lowest BCUT2D eigenvalue weighted by molar-refractivity contribution is -0.122. The molecule has 2 aromatic heterocycles. The minimum absolute atomic E-state index is 0.0923. The topological polar surface area (TPSA) is 117 Å². The van der Waals surface area contributed by atoms with E-state index in [0.717, 1.165) is 58.4 Å². The van der Waals surface area contributed by atoms with Crippen LogP contribution in [0.3, 0.4) is 0 Å². The van der Waals surface area contributed by atoms with Gasteiger partial charge in [0.1, 0.15) is 16.4 Å². The Kier molecular flexibility index (Phi) is 10.5. The van der Waals surface area contributed by atoms with Crippen molar-refractivity contribution in [3.05, 3.63) is 94.1 Å². The number of aromatic amines is 1. The fourth-order valence-corrected chi connectivity index (χ4v) is 9.74. The number of benzene rings is 2. The van der Waals surface area contributed by atoms with Crippen LogP contribution in [-0.2, 0) is 4.79 Å². The third kappa shape index (κ3) is 7.37. The quantitative estimate of drug-likeness (QED) is 0.136. The number of nitrogens with one attached hydrogen (secondary N) is 4. The van der Waals surface area contributed by atoms with Crippen LogP contribution in [0.5, 0.6) is 0 Å². The fraction of sp³-hybridized carbons (Fsp3) is 0.455. The number of hydrogen-bond donors (Lipinski definition) is 4. The van der Waals surface area contributed by atoms with E-state index in [9.17, 15) is 13.6 Å². The van der Waals surface area contributed by atoms with Crippen LogP contribution in [0.25, 0.3) is 16.6 Å². The van der Waals surface area contributed by atoms with Gasteiger partial charge in [-0.3, -0.25) is 9.89 Å². The van der Waals surface area contributed by atoms with Gasteiger partial charge in [-0.2, -0.15) is 10.1 Å². The number of carbonyl (C=O) groups excluding carboxylic acids is 1. The number of H-pyrrole nitrogens is 1. The highest BCUT2D eigenvalue weighted by atomic mass is 35.5. The van der Waals surface area contributed by atoms with E-state index in [1.807, 2.05) is 12.1 Å². The summed E-state index contributed by atoms with van der Waals surface area (Å²) in [6.07, 6.45) is 6.18. The number of nitrogens with zero attached hydrogens (tertiary/aromatic N) is 6. The first-order valence-electron chi connectivity index (χ1n) is 20.8. The molecule has 16 heteroatoms. The second-order valence-electron chi connectivity index (χ2n) is 17.0. The van der Waals surface area contributed by atoms with Crippen molar-refractivity contribution in [3.8, 4) is 0 Å². The monoisotopic (exact) mass is 844 g/mol. The number of fused-ring (bicyclic) bond motifs is 3. The second kappa shape index (κ2) is 15.7. The van der Waals surface area contributed by atoms with Crippen molar-refractivity contribution in [2.45, 2.75) is 82.1 Å². The van der Waals surface area contributed by atoms with Crippen LogP contribution in [0.4, 0.5) is 40.7 Å². The average molecular weight is 845 g/mol. The first-order chi connectivity index (χ1) is 28.8. The number of aromatic nitrogens is 4. The molecule has 3 fully saturated rings. The Labute approximate surface area is 351 Å². The van der Waals surface area contributed by atoms with Crippen molar-refractivity contribution < 1.29 is 22.4 Å². The maximum Gasteiger partial charge on any atom is 0.267 e. The van der Waals surface area contributed by atoms with E-state index in [0.29, 0.717) is 80.8 Å². The van der Waals surface area contributed by atoms with Crippen molar-refractivity contribution in [2.24, 2.45) is 5.92 Å². The normalized spacial score (nSPS) is 23.0. The standard InChI is InChI=1S/C44H49ClF4N10O/c1-23-5-6-31(42(60)51-23)39-30-8-7-29(37(47)40(30)56-55-39)27-12-15-58(16-13-27)22-26-10-17-59(18-11-26)43-50-21-33(45)41(54-43)53-35-19-32-36(20-34(35)46)57(4)24(2)28-9-14-44(48,49)25(3)52-38(28)32/h7-8,19-21,25-27,31,52H,1-2,5-6,9-18,22H2,3-4H3,(H,51,60)(H,55,56)(H,50,53,54). The van der Waals surface area contributed by atoms with Crippen molar-refractivity contribution >= 4 is 57.2 Å². The molecule has 3 saturated heterocycles.